The summed E-state index contributed by atoms with van der Waals surface area (Å²) >= 11 is 0. The minimum absolute atomic E-state index is 0.302. The van der Waals surface area contributed by atoms with Crippen molar-refractivity contribution in [2.45, 2.75) is 13.8 Å². The Bertz CT molecular complexity index is 728. The quantitative estimate of drug-likeness (QED) is 0.146. The number of nitrogens with zero attached hydrogens (tertiary/aromatic N) is 2. The molecule has 1 amide bonds. The van der Waals surface area contributed by atoms with Gasteiger partial charge in [0, 0.05) is 21.5 Å². The van der Waals surface area contributed by atoms with Gasteiger partial charge in [-0.05, 0) is 19.9 Å². The first-order valence-electron chi connectivity index (χ1n) is 9.77. The zero-order chi connectivity index (χ0) is 28.3. The van der Waals surface area contributed by atoms with Crippen LogP contribution in [0.15, 0.2) is 37.0 Å². The first kappa shape index (κ1) is 38.7. The maximum Gasteiger partial charge on any atom is 0.333 e. The van der Waals surface area contributed by atoms with Gasteiger partial charge in [0.15, 0.2) is 0 Å². The van der Waals surface area contributed by atoms with Gasteiger partial charge in [0.25, 0.3) is 0 Å². The Labute approximate surface area is 204 Å². The third kappa shape index (κ3) is 51.8. The second kappa shape index (κ2) is 18.8. The standard InChI is InChI=1S/2C9H18NO2.C3H5NO.H2O4S/c2*1-8(2)9(11)12-7-6-10(3,4)5;1-2-3(4)5;1-5(2,3)4/h2*1,6-7H2,2-5H3;2H,1H2,(H2,4,5);(H2,1,2,3,4)/q2*+1;;/p-2. The highest BCUT2D eigenvalue weighted by atomic mass is 32.3. The number of hydrogen-bond donors (Lipinski definition) is 1. The summed E-state index contributed by atoms with van der Waals surface area (Å²) in [7, 11) is 7.13. The van der Waals surface area contributed by atoms with Crippen LogP contribution in [0.3, 0.4) is 0 Å². The van der Waals surface area contributed by atoms with Crippen LogP contribution in [-0.2, 0) is 34.3 Å². The third-order valence-electron chi connectivity index (χ3n) is 2.89. The monoisotopic (exact) mass is 511 g/mol. The van der Waals surface area contributed by atoms with Gasteiger partial charge in [0.05, 0.1) is 42.3 Å². The lowest BCUT2D eigenvalue weighted by Gasteiger charge is -2.23. The third-order valence-corrected chi connectivity index (χ3v) is 2.89. The zero-order valence-electron chi connectivity index (χ0n) is 21.6. The normalized spacial score (nSPS) is 10.4. The van der Waals surface area contributed by atoms with E-state index in [0.717, 1.165) is 28.1 Å². The number of hydrogen-bond acceptors (Lipinski definition) is 9. The molecule has 0 aromatic rings. The molecule has 0 radical (unpaired) electrons. The first-order chi connectivity index (χ1) is 14.9. The van der Waals surface area contributed by atoms with Crippen LogP contribution in [-0.4, -0.2) is 113 Å². The average Bonchev–Trinajstić information content (AvgIpc) is 2.58. The van der Waals surface area contributed by atoms with Crippen LogP contribution in [0.5, 0.6) is 0 Å². The Kier molecular flexibility index (Phi) is 21.4. The molecule has 200 valence electrons. The molecule has 0 heterocycles. The highest BCUT2D eigenvalue weighted by Gasteiger charge is 2.10. The van der Waals surface area contributed by atoms with Crippen LogP contribution in [0.2, 0.25) is 0 Å². The molecule has 0 fully saturated rings. The van der Waals surface area contributed by atoms with E-state index in [1.165, 1.54) is 0 Å². The molecule has 0 aromatic carbocycles. The van der Waals surface area contributed by atoms with Gasteiger partial charge in [0.2, 0.25) is 5.91 Å². The van der Waals surface area contributed by atoms with E-state index < -0.39 is 16.3 Å². The van der Waals surface area contributed by atoms with Crippen molar-refractivity contribution >= 4 is 28.2 Å². The lowest BCUT2D eigenvalue weighted by atomic mass is 10.4. The number of carbonyl (C=O) groups excluding carboxylic acids is 3. The SMILES string of the molecule is C=C(C)C(=O)OCC[N+](C)(C)C.C=C(C)C(=O)OCC[N+](C)(C)C.C=CC(N)=O.O=S(=O)([O-])[O-]. The maximum absolute atomic E-state index is 10.9. The molecule has 34 heavy (non-hydrogen) atoms. The molecule has 0 rings (SSSR count). The smallest absolute Gasteiger partial charge is 0.333 e. The van der Waals surface area contributed by atoms with Gasteiger partial charge < -0.3 is 33.3 Å². The van der Waals surface area contributed by atoms with Gasteiger partial charge in [-0.2, -0.15) is 0 Å². The van der Waals surface area contributed by atoms with E-state index in [0.29, 0.717) is 24.4 Å². The largest absolute Gasteiger partial charge is 0.759 e. The highest BCUT2D eigenvalue weighted by Crippen LogP contribution is 1.95. The number of rotatable bonds is 9. The molecule has 0 atom stereocenters. The van der Waals surface area contributed by atoms with Crippen molar-refractivity contribution in [3.05, 3.63) is 37.0 Å². The van der Waals surface area contributed by atoms with Gasteiger partial charge >= 0.3 is 11.9 Å². The number of primary amides is 1. The maximum atomic E-state index is 10.9. The van der Waals surface area contributed by atoms with Crippen LogP contribution in [0.1, 0.15) is 13.8 Å². The number of ether oxygens (including phenoxy) is 2. The Balaban J connectivity index is -0.000000191. The molecule has 0 aromatic heterocycles. The zero-order valence-corrected chi connectivity index (χ0v) is 22.4. The second-order valence-electron chi connectivity index (χ2n) is 8.88. The van der Waals surface area contributed by atoms with Crippen molar-refractivity contribution in [2.75, 3.05) is 68.6 Å². The fourth-order valence-electron chi connectivity index (χ4n) is 1.07. The molecule has 0 aliphatic rings. The second-order valence-corrected chi connectivity index (χ2v) is 9.69. The highest BCUT2D eigenvalue weighted by molar-refractivity contribution is 7.79. The number of likely N-dealkylation sites (N-methyl/N-ethyl adjacent to an activating group) is 2. The molecule has 13 heteroatoms. The average molecular weight is 512 g/mol. The van der Waals surface area contributed by atoms with Crippen LogP contribution in [0.25, 0.3) is 0 Å². The van der Waals surface area contributed by atoms with Crippen molar-refractivity contribution in [1.82, 2.24) is 0 Å². The summed E-state index contributed by atoms with van der Waals surface area (Å²) in [5.41, 5.74) is 5.44. The van der Waals surface area contributed by atoms with E-state index in [-0.39, 0.29) is 11.9 Å². The molecule has 12 nitrogen and oxygen atoms in total. The van der Waals surface area contributed by atoms with Crippen molar-refractivity contribution in [3.63, 3.8) is 0 Å². The number of nitrogens with two attached hydrogens (primary N) is 1. The predicted molar refractivity (Wildman–Crippen MR) is 127 cm³/mol. The molecule has 0 spiro atoms. The first-order valence-corrected chi connectivity index (χ1v) is 11.1. The van der Waals surface area contributed by atoms with Crippen molar-refractivity contribution < 1.29 is 50.3 Å². The summed E-state index contributed by atoms with van der Waals surface area (Å²) in [6.45, 7) is 15.9. The van der Waals surface area contributed by atoms with Crippen LogP contribution >= 0.6 is 0 Å². The summed E-state index contributed by atoms with van der Waals surface area (Å²) in [6, 6.07) is 0. The van der Waals surface area contributed by atoms with E-state index in [2.05, 4.69) is 67.8 Å². The predicted octanol–water partition coefficient (Wildman–Crippen LogP) is -0.0565. The van der Waals surface area contributed by atoms with Crippen LogP contribution in [0.4, 0.5) is 0 Å². The Morgan fingerprint density at radius 2 is 1.03 bits per heavy atom. The summed E-state index contributed by atoms with van der Waals surface area (Å²) in [5, 5.41) is 0. The van der Waals surface area contributed by atoms with E-state index in [1.54, 1.807) is 13.8 Å². The van der Waals surface area contributed by atoms with Crippen LogP contribution in [0, 0.1) is 0 Å². The molecule has 0 unspecified atom stereocenters. The van der Waals surface area contributed by atoms with Crippen LogP contribution < -0.4 is 5.73 Å². The van der Waals surface area contributed by atoms with Gasteiger partial charge in [-0.15, -0.1) is 0 Å². The summed E-state index contributed by atoms with van der Waals surface area (Å²) < 4.78 is 45.5. The van der Waals surface area contributed by atoms with Crippen molar-refractivity contribution in [3.8, 4) is 0 Å². The fraction of sp³-hybridized carbons (Fsp3) is 0.571. The Hall–Kier alpha value is -2.58. The number of quaternary nitrogens is 2. The number of esters is 2. The molecule has 0 bridgehead atoms. The topological polar surface area (TPSA) is 176 Å². The van der Waals surface area contributed by atoms with Gasteiger partial charge in [-0.25, -0.2) is 9.59 Å². The fourth-order valence-corrected chi connectivity index (χ4v) is 1.07. The number of amides is 1. The number of carbonyl (C=O) groups is 3. The summed E-state index contributed by atoms with van der Waals surface area (Å²) in [6.07, 6.45) is 1.06. The lowest BCUT2D eigenvalue weighted by Crippen LogP contribution is -2.38. The molecular formula is C21H41N3O9S. The van der Waals surface area contributed by atoms with Gasteiger partial charge in [-0.3, -0.25) is 13.2 Å². The van der Waals surface area contributed by atoms with Crippen molar-refractivity contribution in [2.24, 2.45) is 5.73 Å². The molecule has 0 aliphatic carbocycles. The van der Waals surface area contributed by atoms with E-state index in [9.17, 15) is 14.4 Å². The van der Waals surface area contributed by atoms with Gasteiger partial charge in [-0.1, -0.05) is 19.7 Å². The molecular weight excluding hydrogens is 470 g/mol. The summed E-state index contributed by atoms with van der Waals surface area (Å²) in [5.74, 6) is -1.09. The van der Waals surface area contributed by atoms with E-state index in [4.69, 9.17) is 27.0 Å². The van der Waals surface area contributed by atoms with Crippen molar-refractivity contribution in [1.29, 1.82) is 0 Å². The molecule has 0 aliphatic heterocycles. The Morgan fingerprint density at radius 3 is 1.15 bits per heavy atom. The summed E-state index contributed by atoms with van der Waals surface area (Å²) in [4.78, 5) is 31.3. The van der Waals surface area contributed by atoms with E-state index >= 15 is 0 Å². The molecule has 2 N–H and O–H groups in total. The molecule has 0 saturated heterocycles. The Morgan fingerprint density at radius 1 is 0.824 bits per heavy atom. The van der Waals surface area contributed by atoms with Gasteiger partial charge in [0.1, 0.15) is 26.3 Å². The minimum Gasteiger partial charge on any atom is -0.759 e. The lowest BCUT2D eigenvalue weighted by molar-refractivity contribution is -0.870. The van der Waals surface area contributed by atoms with E-state index in [1.807, 2.05) is 0 Å². The molecule has 0 saturated carbocycles. The minimum atomic E-state index is -5.17.